The molecule has 2 rings (SSSR count). The van der Waals surface area contributed by atoms with E-state index in [0.29, 0.717) is 6.92 Å². The minimum Gasteiger partial charge on any atom is -0.368 e. The lowest BCUT2D eigenvalue weighted by Gasteiger charge is -2.30. The molecule has 0 radical (unpaired) electrons. The Bertz CT molecular complexity index is 687. The summed E-state index contributed by atoms with van der Waals surface area (Å²) >= 11 is 0. The fraction of sp³-hybridized carbons (Fsp3) is 0.429. The Morgan fingerprint density at radius 2 is 2.00 bits per heavy atom. The number of alkyl halides is 5. The highest BCUT2D eigenvalue weighted by Gasteiger charge is 2.48. The minimum atomic E-state index is -4.87. The number of anilines is 1. The van der Waals surface area contributed by atoms with Crippen LogP contribution in [0.5, 0.6) is 0 Å². The van der Waals surface area contributed by atoms with Gasteiger partial charge >= 0.3 is 6.18 Å². The number of carbonyl (C=O) groups excluding carboxylic acids is 1. The zero-order chi connectivity index (χ0) is 17.6. The summed E-state index contributed by atoms with van der Waals surface area (Å²) in [4.78, 5) is 12.0. The largest absolute Gasteiger partial charge is 0.418 e. The minimum absolute atomic E-state index is 0.151. The normalized spacial score (nSPS) is 17.8. The molecule has 0 fully saturated rings. The molecule has 0 spiro atoms. The van der Waals surface area contributed by atoms with Gasteiger partial charge in [0, 0.05) is 19.0 Å². The Kier molecular flexibility index (Phi) is 3.96. The first kappa shape index (κ1) is 17.0. The first-order chi connectivity index (χ1) is 10.5. The molecule has 1 aromatic carbocycles. The van der Waals surface area contributed by atoms with Crippen LogP contribution >= 0.6 is 0 Å². The molecule has 4 nitrogen and oxygen atoms in total. The maximum atomic E-state index is 13.8. The smallest absolute Gasteiger partial charge is 0.368 e. The van der Waals surface area contributed by atoms with E-state index in [1.165, 1.54) is 6.07 Å². The number of nitriles is 1. The molecule has 1 aromatic rings. The van der Waals surface area contributed by atoms with Gasteiger partial charge in [-0.3, -0.25) is 4.79 Å². The number of nitrogens with zero attached hydrogens (tertiary/aromatic N) is 2. The first-order valence-corrected chi connectivity index (χ1v) is 6.52. The van der Waals surface area contributed by atoms with Crippen LogP contribution in [-0.4, -0.2) is 24.4 Å². The van der Waals surface area contributed by atoms with Crippen LogP contribution in [0.15, 0.2) is 12.1 Å². The molecule has 1 aliphatic rings. The highest BCUT2D eigenvalue weighted by Crippen LogP contribution is 2.45. The zero-order valence-electron chi connectivity index (χ0n) is 11.9. The van der Waals surface area contributed by atoms with Gasteiger partial charge in [0.1, 0.15) is 0 Å². The third-order valence-electron chi connectivity index (χ3n) is 3.69. The second-order valence-corrected chi connectivity index (χ2v) is 5.37. The lowest BCUT2D eigenvalue weighted by atomic mass is 9.96. The van der Waals surface area contributed by atoms with Crippen LogP contribution in [0.1, 0.15) is 23.6 Å². The molecule has 124 valence electrons. The molecule has 1 unspecified atom stereocenters. The van der Waals surface area contributed by atoms with Crippen LogP contribution in [0.2, 0.25) is 0 Å². The van der Waals surface area contributed by atoms with Crippen LogP contribution in [-0.2, 0) is 17.4 Å². The van der Waals surface area contributed by atoms with Gasteiger partial charge in [-0.05, 0) is 17.7 Å². The standard InChI is InChI=1S/C14H12F5N3O/c1-13(15,16)10-4-8-9(22(10)6-11(21)23)3-2-7(5-20)12(8)14(17,18)19/h2-3,10H,4,6H2,1H3,(H2,21,23). The highest BCUT2D eigenvalue weighted by atomic mass is 19.4. The van der Waals surface area contributed by atoms with E-state index in [2.05, 4.69) is 0 Å². The van der Waals surface area contributed by atoms with Gasteiger partial charge in [0.05, 0.1) is 29.8 Å². The molecule has 9 heteroatoms. The Morgan fingerprint density at radius 3 is 2.43 bits per heavy atom. The quantitative estimate of drug-likeness (QED) is 0.864. The molecule has 0 saturated carbocycles. The van der Waals surface area contributed by atoms with Crippen molar-refractivity contribution in [2.45, 2.75) is 31.5 Å². The van der Waals surface area contributed by atoms with Gasteiger partial charge in [0.2, 0.25) is 5.91 Å². The lowest BCUT2D eigenvalue weighted by molar-refractivity contribution is -0.138. The maximum Gasteiger partial charge on any atom is 0.418 e. The van der Waals surface area contributed by atoms with Crippen molar-refractivity contribution in [1.82, 2.24) is 0 Å². The molecular formula is C14H12F5N3O. The monoisotopic (exact) mass is 333 g/mol. The second kappa shape index (κ2) is 5.37. The number of hydrogen-bond acceptors (Lipinski definition) is 3. The molecule has 0 aromatic heterocycles. The highest BCUT2D eigenvalue weighted by molar-refractivity contribution is 5.81. The molecule has 1 aliphatic heterocycles. The summed E-state index contributed by atoms with van der Waals surface area (Å²) in [6.07, 6.45) is -5.50. The van der Waals surface area contributed by atoms with Gasteiger partial charge in [-0.2, -0.15) is 18.4 Å². The number of fused-ring (bicyclic) bond motifs is 1. The van der Waals surface area contributed by atoms with Crippen molar-refractivity contribution >= 4 is 11.6 Å². The van der Waals surface area contributed by atoms with E-state index in [-0.39, 0.29) is 5.69 Å². The second-order valence-electron chi connectivity index (χ2n) is 5.37. The molecule has 0 aliphatic carbocycles. The molecule has 1 atom stereocenters. The fourth-order valence-corrected chi connectivity index (χ4v) is 2.82. The van der Waals surface area contributed by atoms with Crippen LogP contribution < -0.4 is 10.6 Å². The van der Waals surface area contributed by atoms with Crippen molar-refractivity contribution in [3.05, 3.63) is 28.8 Å². The molecule has 1 heterocycles. The number of nitrogens with two attached hydrogens (primary N) is 1. The maximum absolute atomic E-state index is 13.8. The van der Waals surface area contributed by atoms with Crippen molar-refractivity contribution in [2.75, 3.05) is 11.4 Å². The fourth-order valence-electron chi connectivity index (χ4n) is 2.82. The van der Waals surface area contributed by atoms with Crippen LogP contribution in [0.25, 0.3) is 0 Å². The molecule has 23 heavy (non-hydrogen) atoms. The average molecular weight is 333 g/mol. The summed E-state index contributed by atoms with van der Waals surface area (Å²) in [5, 5.41) is 8.86. The topological polar surface area (TPSA) is 70.1 Å². The summed E-state index contributed by atoms with van der Waals surface area (Å²) in [5.74, 6) is -4.30. The Labute approximate surface area is 128 Å². The predicted molar refractivity (Wildman–Crippen MR) is 70.8 cm³/mol. The van der Waals surface area contributed by atoms with Crippen LogP contribution in [0, 0.1) is 11.3 Å². The number of halogens is 5. The van der Waals surface area contributed by atoms with Crippen molar-refractivity contribution in [3.63, 3.8) is 0 Å². The van der Waals surface area contributed by atoms with Crippen LogP contribution in [0.3, 0.4) is 0 Å². The number of primary amides is 1. The summed E-state index contributed by atoms with van der Waals surface area (Å²) < 4.78 is 67.3. The van der Waals surface area contributed by atoms with Crippen molar-refractivity contribution < 1.29 is 26.7 Å². The van der Waals surface area contributed by atoms with E-state index < -0.39 is 53.7 Å². The number of rotatable bonds is 3. The van der Waals surface area contributed by atoms with Crippen LogP contribution in [0.4, 0.5) is 27.6 Å². The number of carbonyl (C=O) groups is 1. The lowest BCUT2D eigenvalue weighted by Crippen LogP contribution is -2.47. The van der Waals surface area contributed by atoms with Gasteiger partial charge in [-0.1, -0.05) is 0 Å². The number of benzene rings is 1. The van der Waals surface area contributed by atoms with Crippen molar-refractivity contribution in [3.8, 4) is 6.07 Å². The average Bonchev–Trinajstić information content (AvgIpc) is 2.74. The van der Waals surface area contributed by atoms with Gasteiger partial charge in [-0.25, -0.2) is 8.78 Å². The SMILES string of the molecule is CC(F)(F)C1Cc2c(ccc(C#N)c2C(F)(F)F)N1CC(N)=O. The van der Waals surface area contributed by atoms with E-state index in [0.717, 1.165) is 17.0 Å². The van der Waals surface area contributed by atoms with Crippen molar-refractivity contribution in [2.24, 2.45) is 5.73 Å². The predicted octanol–water partition coefficient (Wildman–Crippen LogP) is 2.45. The summed E-state index contributed by atoms with van der Waals surface area (Å²) in [6, 6.07) is 1.83. The third kappa shape index (κ3) is 3.06. The van der Waals surface area contributed by atoms with Crippen molar-refractivity contribution in [1.29, 1.82) is 5.26 Å². The van der Waals surface area contributed by atoms with Gasteiger partial charge in [0.25, 0.3) is 5.92 Å². The van der Waals surface area contributed by atoms with E-state index in [9.17, 15) is 26.7 Å². The molecular weight excluding hydrogens is 321 g/mol. The first-order valence-electron chi connectivity index (χ1n) is 6.52. The Morgan fingerprint density at radius 1 is 1.39 bits per heavy atom. The summed E-state index contributed by atoms with van der Waals surface area (Å²) in [7, 11) is 0. The van der Waals surface area contributed by atoms with E-state index >= 15 is 0 Å². The van der Waals surface area contributed by atoms with E-state index in [1.54, 1.807) is 0 Å². The zero-order valence-corrected chi connectivity index (χ0v) is 11.9. The molecule has 0 bridgehead atoms. The number of amides is 1. The molecule has 1 amide bonds. The Balaban J connectivity index is 2.67. The van der Waals surface area contributed by atoms with Gasteiger partial charge < -0.3 is 10.6 Å². The van der Waals surface area contributed by atoms with Gasteiger partial charge in [-0.15, -0.1) is 0 Å². The Hall–Kier alpha value is -2.37. The molecule has 0 saturated heterocycles. The third-order valence-corrected chi connectivity index (χ3v) is 3.69. The van der Waals surface area contributed by atoms with E-state index in [4.69, 9.17) is 11.0 Å². The molecule has 2 N–H and O–H groups in total. The number of hydrogen-bond donors (Lipinski definition) is 1. The summed E-state index contributed by atoms with van der Waals surface area (Å²) in [6.45, 7) is -0.0691. The van der Waals surface area contributed by atoms with E-state index in [1.807, 2.05) is 0 Å². The summed E-state index contributed by atoms with van der Waals surface area (Å²) in [5.41, 5.74) is 2.57. The van der Waals surface area contributed by atoms with Gasteiger partial charge in [0.15, 0.2) is 0 Å².